The van der Waals surface area contributed by atoms with Gasteiger partial charge in [0, 0.05) is 12.5 Å². The molecule has 0 saturated heterocycles. The zero-order valence-corrected chi connectivity index (χ0v) is 11.8. The van der Waals surface area contributed by atoms with Gasteiger partial charge in [0.2, 0.25) is 0 Å². The second-order valence-corrected chi connectivity index (χ2v) is 5.77. The predicted molar refractivity (Wildman–Crippen MR) is 80.5 cm³/mol. The molecule has 20 heavy (non-hydrogen) atoms. The highest BCUT2D eigenvalue weighted by Crippen LogP contribution is 2.31. The summed E-state index contributed by atoms with van der Waals surface area (Å²) in [6.07, 6.45) is 0.370. The molecule has 0 unspecified atom stereocenters. The molecule has 6 heteroatoms. The number of rotatable bonds is 3. The normalized spacial score (nSPS) is 10.8. The Morgan fingerprint density at radius 3 is 2.75 bits per heavy atom. The lowest BCUT2D eigenvalue weighted by atomic mass is 10.1. The molecule has 100 valence electrons. The molecule has 1 aromatic heterocycles. The lowest BCUT2D eigenvalue weighted by molar-refractivity contribution is -0.385. The minimum absolute atomic E-state index is 0.0387. The smallest absolute Gasteiger partial charge is 0.258 e. The molecule has 0 spiro atoms. The Balaban J connectivity index is 2.04. The summed E-state index contributed by atoms with van der Waals surface area (Å²) in [5, 5.41) is 12.3. The highest BCUT2D eigenvalue weighted by molar-refractivity contribution is 7.18. The Labute approximate surface area is 123 Å². The Kier molecular flexibility index (Phi) is 3.38. The van der Waals surface area contributed by atoms with Gasteiger partial charge in [-0.1, -0.05) is 29.8 Å². The SMILES string of the molecule is O=[N+]([O-])c1cccc(Cl)c1Cc1nc2ccccc2s1. The molecule has 0 fully saturated rings. The summed E-state index contributed by atoms with van der Waals surface area (Å²) in [7, 11) is 0. The first kappa shape index (κ1) is 13.0. The number of para-hydroxylation sites is 1. The van der Waals surface area contributed by atoms with E-state index >= 15 is 0 Å². The zero-order valence-electron chi connectivity index (χ0n) is 10.2. The molecule has 0 aliphatic carbocycles. The van der Waals surface area contributed by atoms with Crippen LogP contribution in [0.1, 0.15) is 10.6 Å². The van der Waals surface area contributed by atoms with Gasteiger partial charge in [0.1, 0.15) is 0 Å². The Hall–Kier alpha value is -1.98. The highest BCUT2D eigenvalue weighted by Gasteiger charge is 2.18. The van der Waals surface area contributed by atoms with Crippen LogP contribution in [0.4, 0.5) is 5.69 Å². The second kappa shape index (κ2) is 5.19. The maximum absolute atomic E-state index is 11.1. The van der Waals surface area contributed by atoms with Crippen molar-refractivity contribution in [1.29, 1.82) is 0 Å². The van der Waals surface area contributed by atoms with E-state index in [2.05, 4.69) is 4.98 Å². The van der Waals surface area contributed by atoms with E-state index in [4.69, 9.17) is 11.6 Å². The zero-order chi connectivity index (χ0) is 14.1. The molecule has 4 nitrogen and oxygen atoms in total. The van der Waals surface area contributed by atoms with Crippen molar-refractivity contribution in [2.45, 2.75) is 6.42 Å². The van der Waals surface area contributed by atoms with Crippen LogP contribution in [0.15, 0.2) is 42.5 Å². The van der Waals surface area contributed by atoms with E-state index in [0.29, 0.717) is 17.0 Å². The van der Waals surface area contributed by atoms with Crippen LogP contribution in [0.25, 0.3) is 10.2 Å². The molecule has 0 radical (unpaired) electrons. The first-order valence-corrected chi connectivity index (χ1v) is 7.11. The fraction of sp³-hybridized carbons (Fsp3) is 0.0714. The van der Waals surface area contributed by atoms with Crippen molar-refractivity contribution < 1.29 is 4.92 Å². The average Bonchev–Trinajstić information content (AvgIpc) is 2.83. The molecule has 0 N–H and O–H groups in total. The standard InChI is InChI=1S/C14H9ClN2O2S/c15-10-4-3-6-12(17(18)19)9(10)8-14-16-11-5-1-2-7-13(11)20-14/h1-7H,8H2. The van der Waals surface area contributed by atoms with Crippen LogP contribution in [0, 0.1) is 10.1 Å². The van der Waals surface area contributed by atoms with Gasteiger partial charge >= 0.3 is 0 Å². The van der Waals surface area contributed by atoms with Crippen molar-refractivity contribution in [1.82, 2.24) is 4.98 Å². The van der Waals surface area contributed by atoms with E-state index in [-0.39, 0.29) is 5.69 Å². The summed E-state index contributed by atoms with van der Waals surface area (Å²) in [6, 6.07) is 12.5. The highest BCUT2D eigenvalue weighted by atomic mass is 35.5. The number of halogens is 1. The summed E-state index contributed by atoms with van der Waals surface area (Å²) in [6.45, 7) is 0. The van der Waals surface area contributed by atoms with Crippen molar-refractivity contribution in [3.05, 3.63) is 68.2 Å². The number of aromatic nitrogens is 1. The van der Waals surface area contributed by atoms with Gasteiger partial charge in [-0.2, -0.15) is 0 Å². The van der Waals surface area contributed by atoms with Gasteiger partial charge in [-0.25, -0.2) is 4.98 Å². The van der Waals surface area contributed by atoms with E-state index in [1.165, 1.54) is 17.4 Å². The molecule has 0 bridgehead atoms. The van der Waals surface area contributed by atoms with Crippen molar-refractivity contribution in [3.8, 4) is 0 Å². The number of hydrogen-bond donors (Lipinski definition) is 0. The van der Waals surface area contributed by atoms with E-state index < -0.39 is 4.92 Å². The molecule has 0 saturated carbocycles. The lowest BCUT2D eigenvalue weighted by Gasteiger charge is -2.02. The van der Waals surface area contributed by atoms with Gasteiger partial charge in [-0.15, -0.1) is 11.3 Å². The van der Waals surface area contributed by atoms with Crippen LogP contribution in [-0.2, 0) is 6.42 Å². The molecule has 3 rings (SSSR count). The Morgan fingerprint density at radius 1 is 1.20 bits per heavy atom. The van der Waals surface area contributed by atoms with Crippen molar-refractivity contribution in [3.63, 3.8) is 0 Å². The largest absolute Gasteiger partial charge is 0.274 e. The number of nitro benzene ring substituents is 1. The Morgan fingerprint density at radius 2 is 2.00 bits per heavy atom. The predicted octanol–water partition coefficient (Wildman–Crippen LogP) is 4.45. The second-order valence-electron chi connectivity index (χ2n) is 4.25. The fourth-order valence-electron chi connectivity index (χ4n) is 2.04. The third-order valence-electron chi connectivity index (χ3n) is 2.96. The van der Waals surface area contributed by atoms with Crippen molar-refractivity contribution >= 4 is 38.8 Å². The molecular formula is C14H9ClN2O2S. The summed E-state index contributed by atoms with van der Waals surface area (Å²) < 4.78 is 1.07. The first-order valence-electron chi connectivity index (χ1n) is 5.91. The monoisotopic (exact) mass is 304 g/mol. The number of fused-ring (bicyclic) bond motifs is 1. The molecule has 3 aromatic rings. The minimum atomic E-state index is -0.408. The summed E-state index contributed by atoms with van der Waals surface area (Å²) in [5.41, 5.74) is 1.46. The van der Waals surface area contributed by atoms with Crippen LogP contribution in [-0.4, -0.2) is 9.91 Å². The van der Waals surface area contributed by atoms with Crippen LogP contribution in [0.5, 0.6) is 0 Å². The number of thiazole rings is 1. The molecule has 0 amide bonds. The van der Waals surface area contributed by atoms with Gasteiger partial charge < -0.3 is 0 Å². The molecule has 0 aliphatic rings. The number of benzene rings is 2. The molecule has 1 heterocycles. The molecule has 2 aromatic carbocycles. The summed E-state index contributed by atoms with van der Waals surface area (Å²) in [5.74, 6) is 0. The maximum atomic E-state index is 11.1. The van der Waals surface area contributed by atoms with E-state index in [9.17, 15) is 10.1 Å². The van der Waals surface area contributed by atoms with E-state index in [1.807, 2.05) is 24.3 Å². The quantitative estimate of drug-likeness (QED) is 0.530. The van der Waals surface area contributed by atoms with Gasteiger partial charge in [-0.3, -0.25) is 10.1 Å². The van der Waals surface area contributed by atoms with Crippen molar-refractivity contribution in [2.24, 2.45) is 0 Å². The topological polar surface area (TPSA) is 56.0 Å². The number of nitro groups is 1. The Bertz CT molecular complexity index is 768. The van der Waals surface area contributed by atoms with Crippen LogP contribution < -0.4 is 0 Å². The van der Waals surface area contributed by atoms with Crippen molar-refractivity contribution in [2.75, 3.05) is 0 Å². The third-order valence-corrected chi connectivity index (χ3v) is 4.35. The van der Waals surface area contributed by atoms with Crippen LogP contribution >= 0.6 is 22.9 Å². The van der Waals surface area contributed by atoms with E-state index in [1.54, 1.807) is 12.1 Å². The van der Waals surface area contributed by atoms with Crippen LogP contribution in [0.2, 0.25) is 5.02 Å². The van der Waals surface area contributed by atoms with Crippen LogP contribution in [0.3, 0.4) is 0 Å². The fourth-order valence-corrected chi connectivity index (χ4v) is 3.26. The van der Waals surface area contributed by atoms with E-state index in [0.717, 1.165) is 15.2 Å². The van der Waals surface area contributed by atoms with Gasteiger partial charge in [0.15, 0.2) is 0 Å². The maximum Gasteiger partial charge on any atom is 0.274 e. The first-order chi connectivity index (χ1) is 9.65. The third kappa shape index (κ3) is 2.37. The molecule has 0 aliphatic heterocycles. The average molecular weight is 305 g/mol. The summed E-state index contributed by atoms with van der Waals surface area (Å²) >= 11 is 7.62. The molecular weight excluding hydrogens is 296 g/mol. The lowest BCUT2D eigenvalue weighted by Crippen LogP contribution is -1.97. The summed E-state index contributed by atoms with van der Waals surface area (Å²) in [4.78, 5) is 15.1. The minimum Gasteiger partial charge on any atom is -0.258 e. The number of nitrogens with zero attached hydrogens (tertiary/aromatic N) is 2. The van der Waals surface area contributed by atoms with Gasteiger partial charge in [0.05, 0.1) is 30.7 Å². The van der Waals surface area contributed by atoms with Gasteiger partial charge in [-0.05, 0) is 18.2 Å². The van der Waals surface area contributed by atoms with Gasteiger partial charge in [0.25, 0.3) is 5.69 Å². The number of hydrogen-bond acceptors (Lipinski definition) is 4. The molecule has 0 atom stereocenters.